The van der Waals surface area contributed by atoms with Crippen molar-refractivity contribution in [1.82, 2.24) is 19.8 Å². The van der Waals surface area contributed by atoms with E-state index in [0.29, 0.717) is 5.41 Å². The molecule has 0 spiro atoms. The molecule has 0 aromatic carbocycles. The van der Waals surface area contributed by atoms with Gasteiger partial charge in [0.05, 0.1) is 5.69 Å². The second-order valence-corrected chi connectivity index (χ2v) is 10.6. The molecule has 1 atom stereocenters. The molecule has 6 heteroatoms. The van der Waals surface area contributed by atoms with Crippen LogP contribution < -0.4 is 4.90 Å². The summed E-state index contributed by atoms with van der Waals surface area (Å²) < 4.78 is 5.52. The maximum Gasteiger partial charge on any atom is 0.225 e. The van der Waals surface area contributed by atoms with Crippen molar-refractivity contribution in [3.8, 4) is 0 Å². The second kappa shape index (κ2) is 8.71. The van der Waals surface area contributed by atoms with E-state index in [0.717, 1.165) is 76.8 Å². The van der Waals surface area contributed by atoms with Gasteiger partial charge in [-0.3, -0.25) is 9.80 Å². The van der Waals surface area contributed by atoms with E-state index in [-0.39, 0.29) is 0 Å². The molecule has 0 N–H and O–H groups in total. The van der Waals surface area contributed by atoms with Crippen molar-refractivity contribution in [3.63, 3.8) is 0 Å². The first-order valence-electron chi connectivity index (χ1n) is 12.2. The molecule has 1 aromatic heterocycles. The maximum atomic E-state index is 5.52. The Balaban J connectivity index is 1.17. The minimum Gasteiger partial charge on any atom is -0.381 e. The molecule has 3 fully saturated rings. The highest BCUT2D eigenvalue weighted by Gasteiger charge is 2.39. The van der Waals surface area contributed by atoms with Gasteiger partial charge in [0.15, 0.2) is 0 Å². The van der Waals surface area contributed by atoms with E-state index in [1.54, 1.807) is 0 Å². The highest BCUT2D eigenvalue weighted by Crippen LogP contribution is 2.40. The van der Waals surface area contributed by atoms with Crippen molar-refractivity contribution in [2.24, 2.45) is 11.3 Å². The minimum atomic E-state index is 0.473. The number of rotatable bonds is 4. The molecule has 6 nitrogen and oxygen atoms in total. The summed E-state index contributed by atoms with van der Waals surface area (Å²) in [6.45, 7) is 14.5. The Morgan fingerprint density at radius 2 is 1.87 bits per heavy atom. The van der Waals surface area contributed by atoms with Crippen LogP contribution in [0, 0.1) is 11.3 Å². The first-order valence-corrected chi connectivity index (χ1v) is 12.2. The summed E-state index contributed by atoms with van der Waals surface area (Å²) >= 11 is 0. The molecule has 1 aliphatic carbocycles. The van der Waals surface area contributed by atoms with Crippen LogP contribution in [0.3, 0.4) is 0 Å². The van der Waals surface area contributed by atoms with Crippen LogP contribution in [0.5, 0.6) is 0 Å². The molecule has 1 aromatic rings. The lowest BCUT2D eigenvalue weighted by Crippen LogP contribution is -2.53. The average molecular weight is 414 g/mol. The highest BCUT2D eigenvalue weighted by atomic mass is 16.5. The van der Waals surface area contributed by atoms with Crippen molar-refractivity contribution in [1.29, 1.82) is 0 Å². The van der Waals surface area contributed by atoms with Gasteiger partial charge in [-0.1, -0.05) is 20.3 Å². The van der Waals surface area contributed by atoms with E-state index < -0.39 is 0 Å². The number of anilines is 1. The predicted octanol–water partition coefficient (Wildman–Crippen LogP) is 2.96. The van der Waals surface area contributed by atoms with E-state index in [9.17, 15) is 0 Å². The molecule has 4 aliphatic rings. The number of hydrogen-bond donors (Lipinski definition) is 0. The zero-order valence-corrected chi connectivity index (χ0v) is 19.0. The van der Waals surface area contributed by atoms with Gasteiger partial charge in [-0.05, 0) is 37.0 Å². The van der Waals surface area contributed by atoms with Crippen LogP contribution in [0.1, 0.15) is 57.2 Å². The molecule has 0 amide bonds. The summed E-state index contributed by atoms with van der Waals surface area (Å²) in [6.07, 6.45) is 9.72. The van der Waals surface area contributed by atoms with Crippen LogP contribution in [0.15, 0.2) is 6.20 Å². The van der Waals surface area contributed by atoms with Gasteiger partial charge in [0.1, 0.15) is 0 Å². The zero-order valence-electron chi connectivity index (χ0n) is 19.0. The lowest BCUT2D eigenvalue weighted by atomic mass is 9.86. The molecule has 3 aliphatic heterocycles. The third-order valence-corrected chi connectivity index (χ3v) is 8.10. The fraction of sp³-hybridized carbons (Fsp3) is 0.833. The van der Waals surface area contributed by atoms with E-state index >= 15 is 0 Å². The highest BCUT2D eigenvalue weighted by molar-refractivity contribution is 5.35. The molecule has 2 saturated heterocycles. The molecule has 30 heavy (non-hydrogen) atoms. The van der Waals surface area contributed by atoms with Crippen LogP contribution in [-0.2, 0) is 17.7 Å². The van der Waals surface area contributed by atoms with Crippen molar-refractivity contribution in [3.05, 3.63) is 17.5 Å². The number of ether oxygens (including phenoxy) is 1. The molecule has 1 saturated carbocycles. The van der Waals surface area contributed by atoms with Crippen molar-refractivity contribution >= 4 is 5.95 Å². The van der Waals surface area contributed by atoms with Gasteiger partial charge in [0, 0.05) is 83.3 Å². The van der Waals surface area contributed by atoms with Crippen molar-refractivity contribution in [2.45, 2.75) is 65.0 Å². The number of nitrogens with zero attached hydrogens (tertiary/aromatic N) is 5. The molecule has 5 rings (SSSR count). The molecule has 166 valence electrons. The van der Waals surface area contributed by atoms with Gasteiger partial charge in [0.2, 0.25) is 5.95 Å². The van der Waals surface area contributed by atoms with E-state index in [4.69, 9.17) is 14.7 Å². The Morgan fingerprint density at radius 1 is 1.07 bits per heavy atom. The number of aromatic nitrogens is 2. The van der Waals surface area contributed by atoms with Gasteiger partial charge in [-0.25, -0.2) is 9.97 Å². The molecular weight excluding hydrogens is 374 g/mol. The normalized spacial score (nSPS) is 28.6. The smallest absolute Gasteiger partial charge is 0.225 e. The first-order chi connectivity index (χ1) is 14.6. The molecule has 0 radical (unpaired) electrons. The van der Waals surface area contributed by atoms with Crippen LogP contribution in [0.2, 0.25) is 0 Å². The Hall–Kier alpha value is -1.24. The minimum absolute atomic E-state index is 0.473. The Morgan fingerprint density at radius 3 is 2.60 bits per heavy atom. The van der Waals surface area contributed by atoms with Crippen LogP contribution >= 0.6 is 0 Å². The van der Waals surface area contributed by atoms with Gasteiger partial charge >= 0.3 is 0 Å². The van der Waals surface area contributed by atoms with E-state index in [2.05, 4.69) is 34.7 Å². The number of hydrogen-bond acceptors (Lipinski definition) is 6. The van der Waals surface area contributed by atoms with Gasteiger partial charge < -0.3 is 9.64 Å². The third kappa shape index (κ3) is 4.37. The molecular formula is C24H39N5O. The van der Waals surface area contributed by atoms with E-state index in [1.807, 2.05) is 0 Å². The predicted molar refractivity (Wildman–Crippen MR) is 120 cm³/mol. The third-order valence-electron chi connectivity index (χ3n) is 8.10. The van der Waals surface area contributed by atoms with Crippen molar-refractivity contribution < 1.29 is 4.74 Å². The van der Waals surface area contributed by atoms with Gasteiger partial charge in [-0.2, -0.15) is 0 Å². The van der Waals surface area contributed by atoms with Crippen LogP contribution in [0.25, 0.3) is 0 Å². The summed E-state index contributed by atoms with van der Waals surface area (Å²) in [4.78, 5) is 17.6. The summed E-state index contributed by atoms with van der Waals surface area (Å²) in [5.41, 5.74) is 3.09. The Kier molecular flexibility index (Phi) is 6.00. The lowest BCUT2D eigenvalue weighted by molar-refractivity contribution is 0.0505. The second-order valence-electron chi connectivity index (χ2n) is 10.6. The lowest BCUT2D eigenvalue weighted by Gasteiger charge is -2.43. The summed E-state index contributed by atoms with van der Waals surface area (Å²) in [7, 11) is 0. The molecule has 1 unspecified atom stereocenters. The fourth-order valence-corrected chi connectivity index (χ4v) is 6.19. The summed E-state index contributed by atoms with van der Waals surface area (Å²) in [5.74, 6) is 1.75. The standard InChI is InChI=1S/C24H39N5O/c1-24(2)8-3-4-22(24)28-10-12-29(13-11-28)23-25-16-20-18-27(9-5-21(20)26-23)17-19-6-14-30-15-7-19/h16,19,22H,3-15,17-18H2,1-2H3. The summed E-state index contributed by atoms with van der Waals surface area (Å²) in [5, 5.41) is 0. The maximum absolute atomic E-state index is 5.52. The first kappa shape index (κ1) is 20.7. The summed E-state index contributed by atoms with van der Waals surface area (Å²) in [6, 6.07) is 0.755. The van der Waals surface area contributed by atoms with E-state index in [1.165, 1.54) is 49.9 Å². The largest absolute Gasteiger partial charge is 0.381 e. The Labute approximate surface area is 182 Å². The SMILES string of the molecule is CC1(C)CCCC1N1CCN(c2ncc3c(n2)CCN(CC2CCOCC2)C3)CC1. The van der Waals surface area contributed by atoms with Crippen LogP contribution in [-0.4, -0.2) is 78.3 Å². The fourth-order valence-electron chi connectivity index (χ4n) is 6.19. The van der Waals surface area contributed by atoms with Crippen molar-refractivity contribution in [2.75, 3.05) is 57.4 Å². The number of piperazine rings is 1. The quantitative estimate of drug-likeness (QED) is 0.756. The monoisotopic (exact) mass is 413 g/mol. The number of fused-ring (bicyclic) bond motifs is 1. The molecule has 0 bridgehead atoms. The average Bonchev–Trinajstić information content (AvgIpc) is 3.13. The van der Waals surface area contributed by atoms with Crippen LogP contribution in [0.4, 0.5) is 5.95 Å². The van der Waals surface area contributed by atoms with Gasteiger partial charge in [0.25, 0.3) is 0 Å². The van der Waals surface area contributed by atoms with Gasteiger partial charge in [-0.15, -0.1) is 0 Å². The zero-order chi connectivity index (χ0) is 20.6. The molecule has 4 heterocycles. The topological polar surface area (TPSA) is 44.7 Å². The Bertz CT molecular complexity index is 724.